The van der Waals surface area contributed by atoms with Crippen LogP contribution in [0.5, 0.6) is 0 Å². The third-order valence-electron chi connectivity index (χ3n) is 5.55. The largest absolute Gasteiger partial charge is 0.481 e. The highest BCUT2D eigenvalue weighted by Gasteiger charge is 2.62. The fourth-order valence-corrected chi connectivity index (χ4v) is 3.96. The van der Waals surface area contributed by atoms with Gasteiger partial charge in [0, 0.05) is 0 Å². The molecule has 19 heavy (non-hydrogen) atoms. The Balaban J connectivity index is 1.97. The molecule has 2 saturated carbocycles. The number of aliphatic carboxylic acids is 1. The average molecular weight is 266 g/mol. The van der Waals surface area contributed by atoms with E-state index in [2.05, 4.69) is 13.5 Å². The van der Waals surface area contributed by atoms with Crippen molar-refractivity contribution in [3.8, 4) is 0 Å². The van der Waals surface area contributed by atoms with E-state index in [1.54, 1.807) is 6.08 Å². The fraction of sp³-hybridized carbons (Fsp3) is 0.812. The van der Waals surface area contributed by atoms with Crippen LogP contribution in [-0.2, 0) is 4.79 Å². The number of hydrogen-bond donors (Lipinski definition) is 2. The first kappa shape index (κ1) is 14.6. The molecule has 0 aromatic carbocycles. The van der Waals surface area contributed by atoms with Crippen molar-refractivity contribution in [3.05, 3.63) is 12.7 Å². The summed E-state index contributed by atoms with van der Waals surface area (Å²) in [6, 6.07) is 0. The van der Waals surface area contributed by atoms with Gasteiger partial charge in [-0.2, -0.15) is 0 Å². The Kier molecular flexibility index (Phi) is 3.78. The Morgan fingerprint density at radius 2 is 2.05 bits per heavy atom. The van der Waals surface area contributed by atoms with Gasteiger partial charge in [-0.15, -0.1) is 6.58 Å². The molecule has 0 amide bonds. The van der Waals surface area contributed by atoms with E-state index >= 15 is 0 Å². The van der Waals surface area contributed by atoms with E-state index in [4.69, 9.17) is 0 Å². The van der Waals surface area contributed by atoms with Crippen LogP contribution < -0.4 is 0 Å². The number of aliphatic hydroxyl groups is 1. The second kappa shape index (κ2) is 4.93. The van der Waals surface area contributed by atoms with E-state index in [1.165, 1.54) is 0 Å². The topological polar surface area (TPSA) is 57.5 Å². The molecule has 0 aromatic heterocycles. The molecule has 3 heteroatoms. The first-order chi connectivity index (χ1) is 8.82. The highest BCUT2D eigenvalue weighted by molar-refractivity contribution is 5.79. The molecule has 0 bridgehead atoms. The Labute approximate surface area is 115 Å². The number of carboxylic acids is 1. The van der Waals surface area contributed by atoms with Crippen molar-refractivity contribution in [1.82, 2.24) is 0 Å². The number of allylic oxidation sites excluding steroid dienone is 1. The zero-order valence-corrected chi connectivity index (χ0v) is 12.1. The molecule has 3 unspecified atom stereocenters. The van der Waals surface area contributed by atoms with E-state index in [9.17, 15) is 15.0 Å². The Hall–Kier alpha value is -0.830. The summed E-state index contributed by atoms with van der Waals surface area (Å²) >= 11 is 0. The van der Waals surface area contributed by atoms with Crippen molar-refractivity contribution in [2.45, 2.75) is 58.0 Å². The van der Waals surface area contributed by atoms with Gasteiger partial charge < -0.3 is 10.2 Å². The summed E-state index contributed by atoms with van der Waals surface area (Å²) in [5.74, 6) is 0.631. The van der Waals surface area contributed by atoms with Gasteiger partial charge in [0.25, 0.3) is 0 Å². The lowest BCUT2D eigenvalue weighted by atomic mass is 9.72. The molecule has 0 spiro atoms. The minimum absolute atomic E-state index is 0.288. The molecule has 3 nitrogen and oxygen atoms in total. The van der Waals surface area contributed by atoms with Crippen LogP contribution in [-0.4, -0.2) is 21.8 Å². The van der Waals surface area contributed by atoms with Crippen LogP contribution in [0.25, 0.3) is 0 Å². The standard InChI is InChI=1S/C16H26O3/c1-4-7-16(14(17)18)10-13(16)11(2)12-5-8-15(3,19)9-6-12/h4,11-13,19H,1,5-10H2,2-3H3,(H,17,18). The summed E-state index contributed by atoms with van der Waals surface area (Å²) in [5, 5.41) is 19.4. The monoisotopic (exact) mass is 266 g/mol. The second-order valence-corrected chi connectivity index (χ2v) is 6.96. The molecule has 2 N–H and O–H groups in total. The van der Waals surface area contributed by atoms with Crippen LogP contribution in [0.4, 0.5) is 0 Å². The van der Waals surface area contributed by atoms with E-state index in [1.807, 2.05) is 6.92 Å². The summed E-state index contributed by atoms with van der Waals surface area (Å²) < 4.78 is 0. The number of rotatable bonds is 5. The van der Waals surface area contributed by atoms with Crippen LogP contribution in [0.3, 0.4) is 0 Å². The SMILES string of the molecule is C=CCC1(C(=O)O)CC1C(C)C1CCC(C)(O)CC1. The Bertz CT molecular complexity index is 364. The van der Waals surface area contributed by atoms with Crippen LogP contribution in [0.1, 0.15) is 52.4 Å². The zero-order chi connectivity index (χ0) is 14.3. The molecule has 0 aliphatic heterocycles. The van der Waals surface area contributed by atoms with E-state index in [0.717, 1.165) is 32.1 Å². The third-order valence-corrected chi connectivity index (χ3v) is 5.55. The van der Waals surface area contributed by atoms with Crippen LogP contribution >= 0.6 is 0 Å². The lowest BCUT2D eigenvalue weighted by molar-refractivity contribution is -0.144. The molecule has 0 heterocycles. The summed E-state index contributed by atoms with van der Waals surface area (Å²) in [6.45, 7) is 7.80. The predicted molar refractivity (Wildman–Crippen MR) is 74.7 cm³/mol. The molecule has 0 radical (unpaired) electrons. The normalized spacial score (nSPS) is 43.5. The first-order valence-electron chi connectivity index (χ1n) is 7.39. The maximum atomic E-state index is 11.5. The van der Waals surface area contributed by atoms with Crippen molar-refractivity contribution in [2.75, 3.05) is 0 Å². The molecule has 0 saturated heterocycles. The van der Waals surface area contributed by atoms with E-state index in [-0.39, 0.29) is 5.92 Å². The molecule has 2 aliphatic rings. The van der Waals surface area contributed by atoms with Crippen molar-refractivity contribution in [3.63, 3.8) is 0 Å². The van der Waals surface area contributed by atoms with Gasteiger partial charge in [0.05, 0.1) is 11.0 Å². The Morgan fingerprint density at radius 1 is 1.47 bits per heavy atom. The summed E-state index contributed by atoms with van der Waals surface area (Å²) in [4.78, 5) is 11.5. The predicted octanol–water partition coefficient (Wildman–Crippen LogP) is 3.23. The fourth-order valence-electron chi connectivity index (χ4n) is 3.96. The Morgan fingerprint density at radius 3 is 2.53 bits per heavy atom. The molecular weight excluding hydrogens is 240 g/mol. The lowest BCUT2D eigenvalue weighted by Crippen LogP contribution is -2.33. The highest BCUT2D eigenvalue weighted by atomic mass is 16.4. The van der Waals surface area contributed by atoms with Gasteiger partial charge >= 0.3 is 5.97 Å². The van der Waals surface area contributed by atoms with E-state index < -0.39 is 17.0 Å². The van der Waals surface area contributed by atoms with Gasteiger partial charge in [0.1, 0.15) is 0 Å². The van der Waals surface area contributed by atoms with Gasteiger partial charge in [-0.1, -0.05) is 13.0 Å². The maximum absolute atomic E-state index is 11.5. The second-order valence-electron chi connectivity index (χ2n) is 6.96. The summed E-state index contributed by atoms with van der Waals surface area (Å²) in [6.07, 6.45) is 6.85. The number of carbonyl (C=O) groups is 1. The van der Waals surface area contributed by atoms with Crippen LogP contribution in [0.15, 0.2) is 12.7 Å². The lowest BCUT2D eigenvalue weighted by Gasteiger charge is -2.36. The van der Waals surface area contributed by atoms with E-state index in [0.29, 0.717) is 18.3 Å². The van der Waals surface area contributed by atoms with Gasteiger partial charge in [0.2, 0.25) is 0 Å². The molecular formula is C16H26O3. The average Bonchev–Trinajstić information content (AvgIpc) is 3.05. The smallest absolute Gasteiger partial charge is 0.310 e. The minimum Gasteiger partial charge on any atom is -0.481 e. The molecule has 108 valence electrons. The van der Waals surface area contributed by atoms with Crippen LogP contribution in [0.2, 0.25) is 0 Å². The van der Waals surface area contributed by atoms with Crippen molar-refractivity contribution >= 4 is 5.97 Å². The van der Waals surface area contributed by atoms with Gasteiger partial charge in [-0.3, -0.25) is 4.79 Å². The van der Waals surface area contributed by atoms with Crippen molar-refractivity contribution < 1.29 is 15.0 Å². The minimum atomic E-state index is -0.660. The molecule has 2 aliphatic carbocycles. The molecule has 0 aromatic rings. The van der Waals surface area contributed by atoms with Gasteiger partial charge in [0.15, 0.2) is 0 Å². The number of carboxylic acid groups (broad SMARTS) is 1. The van der Waals surface area contributed by atoms with Crippen molar-refractivity contribution in [1.29, 1.82) is 0 Å². The summed E-state index contributed by atoms with van der Waals surface area (Å²) in [5.41, 5.74) is -1.05. The quantitative estimate of drug-likeness (QED) is 0.751. The third kappa shape index (κ3) is 2.71. The van der Waals surface area contributed by atoms with Gasteiger partial charge in [-0.25, -0.2) is 0 Å². The molecule has 3 atom stereocenters. The molecule has 2 fully saturated rings. The highest BCUT2D eigenvalue weighted by Crippen LogP contribution is 2.61. The van der Waals surface area contributed by atoms with Crippen molar-refractivity contribution in [2.24, 2.45) is 23.2 Å². The maximum Gasteiger partial charge on any atom is 0.310 e. The number of hydrogen-bond acceptors (Lipinski definition) is 2. The first-order valence-corrected chi connectivity index (χ1v) is 7.39. The van der Waals surface area contributed by atoms with Gasteiger partial charge in [-0.05, 0) is 63.2 Å². The molecule has 2 rings (SSSR count). The zero-order valence-electron chi connectivity index (χ0n) is 12.1. The van der Waals surface area contributed by atoms with Crippen LogP contribution in [0, 0.1) is 23.2 Å². The summed E-state index contributed by atoms with van der Waals surface area (Å²) in [7, 11) is 0.